The maximum absolute atomic E-state index is 14.4. The second-order valence-corrected chi connectivity index (χ2v) is 14.1. The first-order valence-corrected chi connectivity index (χ1v) is 16.6. The summed E-state index contributed by atoms with van der Waals surface area (Å²) in [6.45, 7) is 3.29. The summed E-state index contributed by atoms with van der Waals surface area (Å²) >= 11 is 1.38. The maximum Gasteiger partial charge on any atom is 0.276 e. The Hall–Kier alpha value is -4.04. The summed E-state index contributed by atoms with van der Waals surface area (Å²) in [5.74, 6) is 2.45. The zero-order chi connectivity index (χ0) is 29.9. The Balaban J connectivity index is 1.07. The van der Waals surface area contributed by atoms with Gasteiger partial charge in [0.05, 0.1) is 16.3 Å². The van der Waals surface area contributed by atoms with Gasteiger partial charge in [-0.1, -0.05) is 36.4 Å². The van der Waals surface area contributed by atoms with Crippen molar-refractivity contribution in [3.05, 3.63) is 94.2 Å². The average Bonchev–Trinajstić information content (AvgIpc) is 3.27. The van der Waals surface area contributed by atoms with E-state index in [9.17, 15) is 14.0 Å². The number of anilines is 3. The van der Waals surface area contributed by atoms with Crippen LogP contribution in [0.25, 0.3) is 10.4 Å². The molecule has 2 saturated heterocycles. The predicted molar refractivity (Wildman–Crippen MR) is 173 cm³/mol. The molecule has 2 aromatic carbocycles. The molecule has 5 heterocycles. The molecule has 2 aliphatic carbocycles. The number of carbonyl (C=O) groups excluding carboxylic acids is 2. The number of hydrogen-bond acceptors (Lipinski definition) is 5. The smallest absolute Gasteiger partial charge is 0.276 e. The molecule has 0 radical (unpaired) electrons. The molecule has 44 heavy (non-hydrogen) atoms. The second-order valence-electron chi connectivity index (χ2n) is 13.0. The lowest BCUT2D eigenvalue weighted by molar-refractivity contribution is 0.0981. The van der Waals surface area contributed by atoms with Crippen LogP contribution in [0.4, 0.5) is 21.6 Å². The van der Waals surface area contributed by atoms with E-state index in [0.717, 1.165) is 51.8 Å². The highest BCUT2D eigenvalue weighted by molar-refractivity contribution is 7.17. The molecular formula is C36H35FN4O2S. The minimum Gasteiger partial charge on any atom is -0.353 e. The van der Waals surface area contributed by atoms with Crippen molar-refractivity contribution in [1.82, 2.24) is 4.98 Å². The summed E-state index contributed by atoms with van der Waals surface area (Å²) < 4.78 is 14.4. The van der Waals surface area contributed by atoms with Gasteiger partial charge in [-0.2, -0.15) is 0 Å². The number of halogens is 1. The number of thiophene rings is 1. The van der Waals surface area contributed by atoms with Gasteiger partial charge < -0.3 is 15.1 Å². The van der Waals surface area contributed by atoms with E-state index in [1.54, 1.807) is 19.1 Å². The molecule has 8 heteroatoms. The normalized spacial score (nSPS) is 23.5. The Kier molecular flexibility index (Phi) is 6.78. The van der Waals surface area contributed by atoms with Gasteiger partial charge in [-0.15, -0.1) is 11.3 Å². The lowest BCUT2D eigenvalue weighted by Gasteiger charge is -2.39. The van der Waals surface area contributed by atoms with Gasteiger partial charge in [-0.25, -0.2) is 9.37 Å². The molecule has 4 atom stereocenters. The van der Waals surface area contributed by atoms with Crippen molar-refractivity contribution < 1.29 is 14.0 Å². The van der Waals surface area contributed by atoms with Crippen LogP contribution in [0.1, 0.15) is 63.4 Å². The highest BCUT2D eigenvalue weighted by atomic mass is 32.1. The number of carbonyl (C=O) groups is 2. The third kappa shape index (κ3) is 4.80. The predicted octanol–water partition coefficient (Wildman–Crippen LogP) is 7.73. The van der Waals surface area contributed by atoms with E-state index in [1.807, 2.05) is 47.4 Å². The number of fused-ring (bicyclic) bond motifs is 4. The maximum atomic E-state index is 14.4. The number of para-hydroxylation sites is 2. The van der Waals surface area contributed by atoms with E-state index < -0.39 is 5.82 Å². The number of benzene rings is 2. The van der Waals surface area contributed by atoms with Gasteiger partial charge in [0.2, 0.25) is 0 Å². The number of nitrogens with zero attached hydrogens (tertiary/aromatic N) is 3. The molecule has 6 nitrogen and oxygen atoms in total. The number of amides is 2. The van der Waals surface area contributed by atoms with Gasteiger partial charge >= 0.3 is 0 Å². The van der Waals surface area contributed by atoms with Gasteiger partial charge in [0, 0.05) is 29.6 Å². The van der Waals surface area contributed by atoms with Gasteiger partial charge in [0.1, 0.15) is 17.3 Å². The van der Waals surface area contributed by atoms with Crippen LogP contribution in [0.2, 0.25) is 0 Å². The highest BCUT2D eigenvalue weighted by Gasteiger charge is 2.43. The highest BCUT2D eigenvalue weighted by Crippen LogP contribution is 2.48. The van der Waals surface area contributed by atoms with Gasteiger partial charge in [0.15, 0.2) is 0 Å². The Labute approximate surface area is 260 Å². The fraction of sp³-hybridized carbons (Fsp3) is 0.361. The lowest BCUT2D eigenvalue weighted by atomic mass is 9.68. The fourth-order valence-corrected chi connectivity index (χ4v) is 9.43. The van der Waals surface area contributed by atoms with Crippen LogP contribution in [-0.2, 0) is 6.42 Å². The quantitative estimate of drug-likeness (QED) is 0.258. The molecule has 2 amide bonds. The molecular weight excluding hydrogens is 571 g/mol. The van der Waals surface area contributed by atoms with E-state index in [1.165, 1.54) is 49.5 Å². The van der Waals surface area contributed by atoms with Crippen LogP contribution < -0.4 is 15.1 Å². The Morgan fingerprint density at radius 1 is 0.932 bits per heavy atom. The summed E-state index contributed by atoms with van der Waals surface area (Å²) in [4.78, 5) is 38.2. The topological polar surface area (TPSA) is 65.5 Å². The molecule has 5 aliphatic rings. The van der Waals surface area contributed by atoms with Crippen molar-refractivity contribution >= 4 is 40.3 Å². The molecule has 2 saturated carbocycles. The summed E-state index contributed by atoms with van der Waals surface area (Å²) in [6, 6.07) is 20.9. The molecule has 4 bridgehead atoms. The third-order valence-electron chi connectivity index (χ3n) is 10.1. The minimum absolute atomic E-state index is 0.108. The molecule has 2 unspecified atom stereocenters. The molecule has 1 N–H and O–H groups in total. The summed E-state index contributed by atoms with van der Waals surface area (Å²) in [7, 11) is 0. The zero-order valence-electron chi connectivity index (χ0n) is 24.8. The van der Waals surface area contributed by atoms with Crippen LogP contribution in [0.15, 0.2) is 66.7 Å². The molecule has 2 aromatic heterocycles. The van der Waals surface area contributed by atoms with Crippen molar-refractivity contribution in [2.45, 2.75) is 51.5 Å². The SMILES string of the molecule is Cc1cccc(F)c1NC(=O)c1cc2c(s1)-c1ccccc1N(C(=O)c1cccc(N3CC4CC5C[C@@H](C4)C[C@H]3C5)n1)CC2. The molecule has 9 rings (SSSR count). The van der Waals surface area contributed by atoms with E-state index in [4.69, 9.17) is 4.98 Å². The lowest BCUT2D eigenvalue weighted by Crippen LogP contribution is -2.39. The summed E-state index contributed by atoms with van der Waals surface area (Å²) in [6.07, 6.45) is 7.15. The van der Waals surface area contributed by atoms with Gasteiger partial charge in [-0.3, -0.25) is 9.59 Å². The zero-order valence-corrected chi connectivity index (χ0v) is 25.6. The Morgan fingerprint density at radius 2 is 1.70 bits per heavy atom. The number of pyridine rings is 1. The van der Waals surface area contributed by atoms with Crippen LogP contribution in [-0.4, -0.2) is 35.9 Å². The van der Waals surface area contributed by atoms with Crippen LogP contribution in [0, 0.1) is 30.5 Å². The number of hydrogen-bond donors (Lipinski definition) is 1. The van der Waals surface area contributed by atoms with Crippen molar-refractivity contribution in [3.8, 4) is 10.4 Å². The molecule has 4 aromatic rings. The van der Waals surface area contributed by atoms with E-state index in [2.05, 4.69) is 16.3 Å². The van der Waals surface area contributed by atoms with Crippen molar-refractivity contribution in [2.75, 3.05) is 28.2 Å². The van der Waals surface area contributed by atoms with Crippen molar-refractivity contribution in [1.29, 1.82) is 0 Å². The number of rotatable bonds is 4. The van der Waals surface area contributed by atoms with Crippen LogP contribution in [0.3, 0.4) is 0 Å². The Bertz CT molecular complexity index is 1750. The first kappa shape index (κ1) is 27.5. The summed E-state index contributed by atoms with van der Waals surface area (Å²) in [5.41, 5.74) is 4.07. The third-order valence-corrected chi connectivity index (χ3v) is 11.3. The Morgan fingerprint density at radius 3 is 2.52 bits per heavy atom. The summed E-state index contributed by atoms with van der Waals surface area (Å²) in [5, 5.41) is 2.77. The molecule has 3 aliphatic heterocycles. The molecule has 4 fully saturated rings. The van der Waals surface area contributed by atoms with E-state index >= 15 is 0 Å². The first-order chi connectivity index (χ1) is 21.4. The number of nitrogens with one attached hydrogen (secondary N) is 1. The monoisotopic (exact) mass is 606 g/mol. The van der Waals surface area contributed by atoms with Gasteiger partial charge in [0.25, 0.3) is 11.8 Å². The number of aromatic nitrogens is 1. The van der Waals surface area contributed by atoms with E-state index in [0.29, 0.717) is 35.1 Å². The first-order valence-electron chi connectivity index (χ1n) is 15.8. The molecule has 224 valence electrons. The largest absolute Gasteiger partial charge is 0.353 e. The fourth-order valence-electron chi connectivity index (χ4n) is 8.29. The average molecular weight is 607 g/mol. The minimum atomic E-state index is -0.454. The molecule has 0 spiro atoms. The van der Waals surface area contributed by atoms with Gasteiger partial charge in [-0.05, 0) is 105 Å². The van der Waals surface area contributed by atoms with Crippen LogP contribution >= 0.6 is 11.3 Å². The number of aryl methyl sites for hydroxylation is 1. The van der Waals surface area contributed by atoms with Crippen molar-refractivity contribution in [3.63, 3.8) is 0 Å². The van der Waals surface area contributed by atoms with Crippen LogP contribution in [0.5, 0.6) is 0 Å². The van der Waals surface area contributed by atoms with Crippen molar-refractivity contribution in [2.24, 2.45) is 17.8 Å². The second kappa shape index (κ2) is 10.8. The van der Waals surface area contributed by atoms with E-state index in [-0.39, 0.29) is 17.5 Å². The standard InChI is InChI=1S/C36H35FN4O2S/c1-21-6-4-8-28(37)33(21)39-35(42)31-19-25-12-13-40(30-10-3-2-7-27(30)34(25)44-31)36(43)29-9-5-11-32(38-29)41-20-24-15-22-14-23(16-24)18-26(41)17-22/h2-11,19,22-24,26H,12-18,20H2,1H3,(H,39,42)/t22-,23?,24?,26-/m0/s1.